The molecule has 1 aliphatic heterocycles. The van der Waals surface area contributed by atoms with Gasteiger partial charge in [0.1, 0.15) is 12.7 Å². The number of rotatable bonds is 24. The second-order valence-electron chi connectivity index (χ2n) is 10.6. The number of epoxide rings is 1. The van der Waals surface area contributed by atoms with E-state index in [-0.39, 0.29) is 30.8 Å². The van der Waals surface area contributed by atoms with Crippen molar-refractivity contribution in [3.8, 4) is 0 Å². The van der Waals surface area contributed by atoms with Crippen LogP contribution in [-0.4, -0.2) is 71.1 Å². The van der Waals surface area contributed by atoms with Crippen LogP contribution in [0.5, 0.6) is 0 Å². The highest BCUT2D eigenvalue weighted by molar-refractivity contribution is 5.72. The van der Waals surface area contributed by atoms with Crippen LogP contribution in [0.4, 0.5) is 4.79 Å². The van der Waals surface area contributed by atoms with Crippen LogP contribution in [0.3, 0.4) is 0 Å². The van der Waals surface area contributed by atoms with Crippen LogP contribution >= 0.6 is 0 Å². The number of carbonyl (C=O) groups excluding carboxylic acids is 3. The van der Waals surface area contributed by atoms with Gasteiger partial charge in [-0.15, -0.1) is 0 Å². The predicted octanol–water partition coefficient (Wildman–Crippen LogP) is 0.979. The van der Waals surface area contributed by atoms with Gasteiger partial charge in [-0.25, -0.2) is 19.0 Å². The number of carbonyl (C=O) groups is 3. The predicted molar refractivity (Wildman–Crippen MR) is 156 cm³/mol. The summed E-state index contributed by atoms with van der Waals surface area (Å²) >= 11 is 0. The molecule has 1 aliphatic rings. The number of nitrogens with one attached hydrogen (secondary N) is 4. The Morgan fingerprint density at radius 1 is 0.810 bits per heavy atom. The summed E-state index contributed by atoms with van der Waals surface area (Å²) in [6.07, 6.45) is 9.78. The summed E-state index contributed by atoms with van der Waals surface area (Å²) in [6.45, 7) is 5.07. The molecule has 2 heterocycles. The Labute approximate surface area is 246 Å². The molecule has 14 nitrogen and oxygen atoms in total. The molecule has 2 rings (SSSR count). The molecule has 42 heavy (non-hydrogen) atoms. The first-order chi connectivity index (χ1) is 20.3. The molecule has 0 aliphatic carbocycles. The van der Waals surface area contributed by atoms with Crippen molar-refractivity contribution in [1.29, 1.82) is 5.41 Å². The minimum atomic E-state index is -0.455. The molecule has 1 unspecified atom stereocenters. The Kier molecular flexibility index (Phi) is 16.9. The van der Waals surface area contributed by atoms with Gasteiger partial charge in [0.2, 0.25) is 17.9 Å². The third-order valence-electron chi connectivity index (χ3n) is 7.03. The van der Waals surface area contributed by atoms with E-state index < -0.39 is 17.5 Å². The molecular formula is C28H49N7O7. The molecule has 4 N–H and O–H groups in total. The zero-order valence-corrected chi connectivity index (χ0v) is 25.0. The molecule has 0 spiro atoms. The van der Waals surface area contributed by atoms with Crippen LogP contribution in [-0.2, 0) is 38.7 Å². The van der Waals surface area contributed by atoms with Crippen LogP contribution in [0.15, 0.2) is 9.59 Å². The van der Waals surface area contributed by atoms with Crippen molar-refractivity contribution in [2.45, 2.75) is 110 Å². The first kappa shape index (κ1) is 34.8. The van der Waals surface area contributed by atoms with Crippen molar-refractivity contribution >= 4 is 18.4 Å². The second-order valence-corrected chi connectivity index (χ2v) is 10.6. The quantitative estimate of drug-likeness (QED) is 0.0780. The SMILES string of the molecule is CC(=O)NCCCCCCn1c(=O)n(CCCCCCNC=O)c(=N)n(CCCCCCNC(=O)OCC2CO2)c1=O. The first-order valence-corrected chi connectivity index (χ1v) is 15.3. The summed E-state index contributed by atoms with van der Waals surface area (Å²) in [5, 5.41) is 16.8. The number of hydrogen-bond donors (Lipinski definition) is 4. The van der Waals surface area contributed by atoms with Crippen molar-refractivity contribution in [1.82, 2.24) is 29.7 Å². The monoisotopic (exact) mass is 595 g/mol. The smallest absolute Gasteiger partial charge is 0.407 e. The van der Waals surface area contributed by atoms with E-state index in [0.29, 0.717) is 65.0 Å². The maximum atomic E-state index is 13.3. The van der Waals surface area contributed by atoms with E-state index >= 15 is 0 Å². The average Bonchev–Trinajstić information content (AvgIpc) is 3.79. The Balaban J connectivity index is 1.90. The number of ether oxygens (including phenoxy) is 2. The molecule has 0 radical (unpaired) electrons. The topological polar surface area (TPSA) is 182 Å². The Bertz CT molecular complexity index is 1140. The van der Waals surface area contributed by atoms with Crippen LogP contribution in [0.1, 0.15) is 84.0 Å². The van der Waals surface area contributed by atoms with Crippen LogP contribution in [0, 0.1) is 5.41 Å². The van der Waals surface area contributed by atoms with Gasteiger partial charge in [-0.1, -0.05) is 38.5 Å². The Hall–Kier alpha value is -3.42. The van der Waals surface area contributed by atoms with E-state index in [1.807, 2.05) is 0 Å². The van der Waals surface area contributed by atoms with E-state index in [1.165, 1.54) is 20.6 Å². The zero-order chi connectivity index (χ0) is 30.6. The van der Waals surface area contributed by atoms with E-state index in [9.17, 15) is 24.0 Å². The van der Waals surface area contributed by atoms with E-state index in [0.717, 1.165) is 57.8 Å². The minimum Gasteiger partial charge on any atom is -0.447 e. The molecule has 1 atom stereocenters. The highest BCUT2D eigenvalue weighted by Gasteiger charge is 2.24. The van der Waals surface area contributed by atoms with Crippen molar-refractivity contribution in [2.24, 2.45) is 0 Å². The lowest BCUT2D eigenvalue weighted by molar-refractivity contribution is -0.119. The van der Waals surface area contributed by atoms with Crippen molar-refractivity contribution in [2.75, 3.05) is 32.8 Å². The molecule has 0 bridgehead atoms. The number of unbranched alkanes of at least 4 members (excludes halogenated alkanes) is 9. The highest BCUT2D eigenvalue weighted by Crippen LogP contribution is 2.08. The summed E-state index contributed by atoms with van der Waals surface area (Å²) in [4.78, 5) is 59.5. The lowest BCUT2D eigenvalue weighted by atomic mass is 10.2. The molecule has 14 heteroatoms. The summed E-state index contributed by atoms with van der Waals surface area (Å²) in [6, 6.07) is 0. The van der Waals surface area contributed by atoms with Crippen molar-refractivity contribution in [3.05, 3.63) is 26.6 Å². The van der Waals surface area contributed by atoms with Gasteiger partial charge in [0.25, 0.3) is 0 Å². The Morgan fingerprint density at radius 2 is 1.29 bits per heavy atom. The van der Waals surface area contributed by atoms with Gasteiger partial charge < -0.3 is 25.4 Å². The van der Waals surface area contributed by atoms with Crippen molar-refractivity contribution in [3.63, 3.8) is 0 Å². The van der Waals surface area contributed by atoms with E-state index in [1.54, 1.807) is 0 Å². The molecule has 1 fully saturated rings. The zero-order valence-electron chi connectivity index (χ0n) is 25.0. The van der Waals surface area contributed by atoms with Gasteiger partial charge in [-0.3, -0.25) is 24.1 Å². The summed E-state index contributed by atoms with van der Waals surface area (Å²) < 4.78 is 14.1. The highest BCUT2D eigenvalue weighted by atomic mass is 16.6. The first-order valence-electron chi connectivity index (χ1n) is 15.3. The molecule has 3 amide bonds. The maximum Gasteiger partial charge on any atom is 0.407 e. The minimum absolute atomic E-state index is 0.0343. The molecular weight excluding hydrogens is 546 g/mol. The largest absolute Gasteiger partial charge is 0.447 e. The maximum absolute atomic E-state index is 13.3. The second kappa shape index (κ2) is 20.5. The van der Waals surface area contributed by atoms with Crippen molar-refractivity contribution < 1.29 is 23.9 Å². The molecule has 1 aromatic rings. The fourth-order valence-corrected chi connectivity index (χ4v) is 4.54. The molecule has 0 saturated carbocycles. The number of nitrogens with zero attached hydrogens (tertiary/aromatic N) is 3. The molecule has 0 aromatic carbocycles. The number of amides is 3. The van der Waals surface area contributed by atoms with Gasteiger partial charge in [-0.05, 0) is 38.5 Å². The van der Waals surface area contributed by atoms with Gasteiger partial charge in [0, 0.05) is 46.2 Å². The number of hydrogen-bond acceptors (Lipinski definition) is 8. The van der Waals surface area contributed by atoms with Gasteiger partial charge in [0.05, 0.1) is 6.61 Å². The van der Waals surface area contributed by atoms with Crippen LogP contribution in [0.25, 0.3) is 0 Å². The van der Waals surface area contributed by atoms with Gasteiger partial charge in [0.15, 0.2) is 0 Å². The molecule has 1 saturated heterocycles. The third kappa shape index (κ3) is 14.0. The standard InChI is InChI=1S/C28H49N7O7/c1-23(37)31-15-9-3-7-13-19-35-27(39)33(17-11-5-2-8-14-30-22-36)25(29)34(28(35)40)18-12-6-4-10-16-32-26(38)42-21-24-20-41-24/h22,24,29H,2-21H2,1H3,(H,30,36)(H,31,37)(H,32,38). The van der Waals surface area contributed by atoms with E-state index in [4.69, 9.17) is 14.9 Å². The fourth-order valence-electron chi connectivity index (χ4n) is 4.54. The summed E-state index contributed by atoms with van der Waals surface area (Å²) in [7, 11) is 0. The van der Waals surface area contributed by atoms with Gasteiger partial charge in [-0.2, -0.15) is 0 Å². The normalized spacial score (nSPS) is 13.9. The number of alkyl carbamates (subject to hydrolysis) is 1. The number of aromatic nitrogens is 3. The lowest BCUT2D eigenvalue weighted by Crippen LogP contribution is -2.54. The molecule has 238 valence electrons. The lowest BCUT2D eigenvalue weighted by Gasteiger charge is -2.16. The summed E-state index contributed by atoms with van der Waals surface area (Å²) in [5.74, 6) is -0.0591. The Morgan fingerprint density at radius 3 is 1.79 bits per heavy atom. The average molecular weight is 596 g/mol. The third-order valence-corrected chi connectivity index (χ3v) is 7.03. The van der Waals surface area contributed by atoms with E-state index in [2.05, 4.69) is 16.0 Å². The van der Waals surface area contributed by atoms with Crippen LogP contribution in [0.2, 0.25) is 0 Å². The fraction of sp³-hybridized carbons (Fsp3) is 0.786. The van der Waals surface area contributed by atoms with Crippen LogP contribution < -0.4 is 32.9 Å². The summed E-state index contributed by atoms with van der Waals surface area (Å²) in [5.41, 5.74) is -0.986. The molecule has 1 aromatic heterocycles. The van der Waals surface area contributed by atoms with Gasteiger partial charge >= 0.3 is 17.5 Å².